The van der Waals surface area contributed by atoms with Gasteiger partial charge >= 0.3 is 0 Å². The Bertz CT molecular complexity index is 3260. The highest BCUT2D eigenvalue weighted by molar-refractivity contribution is 6.16. The van der Waals surface area contributed by atoms with Crippen LogP contribution in [0.4, 0.5) is 28.4 Å². The van der Waals surface area contributed by atoms with E-state index in [2.05, 4.69) is 0 Å². The molecule has 4 aliphatic rings. The first kappa shape index (κ1) is 43.3. The second kappa shape index (κ2) is 17.4. The van der Waals surface area contributed by atoms with Crippen LogP contribution in [0.15, 0.2) is 176 Å². The van der Waals surface area contributed by atoms with Gasteiger partial charge in [0, 0.05) is 35.8 Å². The lowest BCUT2D eigenvalue weighted by Crippen LogP contribution is -2.46. The molecule has 12 nitrogen and oxygen atoms in total. The lowest BCUT2D eigenvalue weighted by atomic mass is 9.82. The van der Waals surface area contributed by atoms with Crippen molar-refractivity contribution in [3.8, 4) is 23.0 Å². The summed E-state index contributed by atoms with van der Waals surface area (Å²) in [5.41, 5.74) is 4.03. The molecule has 0 saturated carbocycles. The molecule has 11 rings (SSSR count). The molecule has 0 spiro atoms. The number of nitrogens with zero attached hydrogens (tertiary/aromatic N) is 4. The zero-order valence-corrected chi connectivity index (χ0v) is 37.6. The molecule has 3 atom stereocenters. The molecule has 7 aromatic rings. The van der Waals surface area contributed by atoms with Gasteiger partial charge in [0.15, 0.2) is 17.1 Å². The second-order valence-corrected chi connectivity index (χ2v) is 17.7. The molecule has 4 amide bonds. The maximum Gasteiger partial charge on any atom is 0.266 e. The predicted octanol–water partition coefficient (Wildman–Crippen LogP) is 10.1. The Balaban J connectivity index is 0.960. The summed E-state index contributed by atoms with van der Waals surface area (Å²) >= 11 is 0. The first-order valence-corrected chi connectivity index (χ1v) is 22.9. The van der Waals surface area contributed by atoms with Gasteiger partial charge in [-0.25, -0.2) is 0 Å². The van der Waals surface area contributed by atoms with E-state index in [1.165, 1.54) is 9.80 Å². The number of carbonyl (C=O) groups excluding carboxylic acids is 4. The van der Waals surface area contributed by atoms with Crippen molar-refractivity contribution in [2.45, 2.75) is 44.5 Å². The van der Waals surface area contributed by atoms with E-state index in [0.29, 0.717) is 81.1 Å². The minimum Gasteiger partial charge on any atom is -0.454 e. The summed E-state index contributed by atoms with van der Waals surface area (Å²) in [5.74, 6) is -0.527. The Hall–Kier alpha value is -8.32. The number of ether oxygens (including phenoxy) is 2. The van der Waals surface area contributed by atoms with Gasteiger partial charge in [0.1, 0.15) is 11.5 Å². The zero-order chi connectivity index (χ0) is 47.4. The Morgan fingerprint density at radius 3 is 1.87 bits per heavy atom. The fourth-order valence-electron chi connectivity index (χ4n) is 10.0. The molecule has 0 saturated heterocycles. The highest BCUT2D eigenvalue weighted by Crippen LogP contribution is 2.50. The molecular weight excluding hydrogens is 869 g/mol. The minimum atomic E-state index is -2.16. The van der Waals surface area contributed by atoms with Crippen LogP contribution in [0.1, 0.15) is 56.3 Å². The molecule has 7 aromatic carbocycles. The van der Waals surface area contributed by atoms with Crippen LogP contribution in [0.3, 0.4) is 0 Å². The molecule has 0 radical (unpaired) electrons. The van der Waals surface area contributed by atoms with Crippen molar-refractivity contribution in [3.63, 3.8) is 0 Å². The number of fused-ring (bicyclic) bond motifs is 6. The lowest BCUT2D eigenvalue weighted by molar-refractivity contribution is -0.139. The van der Waals surface area contributed by atoms with Crippen molar-refractivity contribution in [2.24, 2.45) is 5.92 Å². The number of aliphatic hydroxyl groups is 2. The highest BCUT2D eigenvalue weighted by atomic mass is 16.5. The van der Waals surface area contributed by atoms with E-state index in [1.807, 2.05) is 91.0 Å². The summed E-state index contributed by atoms with van der Waals surface area (Å²) in [4.78, 5) is 64.3. The van der Waals surface area contributed by atoms with Crippen LogP contribution in [0.2, 0.25) is 0 Å². The van der Waals surface area contributed by atoms with Gasteiger partial charge < -0.3 is 29.5 Å². The first-order chi connectivity index (χ1) is 33.6. The van der Waals surface area contributed by atoms with Crippen LogP contribution in [-0.2, 0) is 34.7 Å². The van der Waals surface area contributed by atoms with Crippen molar-refractivity contribution in [1.29, 1.82) is 0 Å². The van der Waals surface area contributed by atoms with Crippen molar-refractivity contribution in [1.82, 2.24) is 4.90 Å². The van der Waals surface area contributed by atoms with Crippen molar-refractivity contribution in [3.05, 3.63) is 209 Å². The largest absolute Gasteiger partial charge is 0.454 e. The normalized spacial score (nSPS) is 18.5. The average molecular weight is 915 g/mol. The van der Waals surface area contributed by atoms with Crippen LogP contribution in [0.25, 0.3) is 0 Å². The van der Waals surface area contributed by atoms with E-state index in [9.17, 15) is 24.6 Å². The molecule has 0 aliphatic carbocycles. The van der Waals surface area contributed by atoms with Gasteiger partial charge in [-0.05, 0) is 102 Å². The number of para-hydroxylation sites is 6. The zero-order valence-electron chi connectivity index (χ0n) is 37.6. The molecular formula is C57H46N4O8. The quantitative estimate of drug-likeness (QED) is 0.137. The van der Waals surface area contributed by atoms with Gasteiger partial charge in [-0.3, -0.25) is 29.0 Å². The van der Waals surface area contributed by atoms with Crippen LogP contribution < -0.4 is 24.2 Å². The second-order valence-electron chi connectivity index (χ2n) is 17.7. The fourth-order valence-corrected chi connectivity index (χ4v) is 10.0. The maximum atomic E-state index is 15.2. The summed E-state index contributed by atoms with van der Waals surface area (Å²) in [7, 11) is 0. The first-order valence-electron chi connectivity index (χ1n) is 22.9. The molecule has 12 heteroatoms. The molecule has 0 bridgehead atoms. The summed E-state index contributed by atoms with van der Waals surface area (Å²) in [6.07, 6.45) is 3.87. The minimum absolute atomic E-state index is 0.0126. The van der Waals surface area contributed by atoms with Gasteiger partial charge in [-0.15, -0.1) is 0 Å². The number of hydrogen-bond donors (Lipinski definition) is 2. The van der Waals surface area contributed by atoms with Gasteiger partial charge in [0.05, 0.1) is 47.4 Å². The highest BCUT2D eigenvalue weighted by Gasteiger charge is 2.53. The van der Waals surface area contributed by atoms with Crippen molar-refractivity contribution >= 4 is 52.1 Å². The molecule has 4 aliphatic heterocycles. The fraction of sp³-hybridized carbons (Fsp3) is 0.158. The molecule has 0 fully saturated rings. The summed E-state index contributed by atoms with van der Waals surface area (Å²) in [6, 6.07) is 48.6. The smallest absolute Gasteiger partial charge is 0.266 e. The average Bonchev–Trinajstić information content (AvgIpc) is 3.45. The molecule has 0 unspecified atom stereocenters. The molecule has 0 aromatic heterocycles. The number of amides is 4. The van der Waals surface area contributed by atoms with E-state index >= 15 is 4.79 Å². The van der Waals surface area contributed by atoms with Crippen LogP contribution in [0, 0.1) is 5.92 Å². The Morgan fingerprint density at radius 1 is 0.667 bits per heavy atom. The van der Waals surface area contributed by atoms with E-state index in [1.54, 1.807) is 102 Å². The summed E-state index contributed by atoms with van der Waals surface area (Å²) in [5, 5.41) is 23.4. The molecule has 2 N–H and O–H groups in total. The Morgan fingerprint density at radius 2 is 1.23 bits per heavy atom. The van der Waals surface area contributed by atoms with Crippen molar-refractivity contribution < 1.29 is 38.9 Å². The Kier molecular flexibility index (Phi) is 10.9. The number of aliphatic hydroxyl groups excluding tert-OH is 1. The lowest BCUT2D eigenvalue weighted by Gasteiger charge is -2.36. The van der Waals surface area contributed by atoms with E-state index in [0.717, 1.165) is 11.1 Å². The summed E-state index contributed by atoms with van der Waals surface area (Å²) in [6.45, 7) is 1.92. The predicted molar refractivity (Wildman–Crippen MR) is 261 cm³/mol. The van der Waals surface area contributed by atoms with E-state index < -0.39 is 17.4 Å². The summed E-state index contributed by atoms with van der Waals surface area (Å²) < 4.78 is 12.5. The monoisotopic (exact) mass is 914 g/mol. The van der Waals surface area contributed by atoms with Crippen LogP contribution in [-0.4, -0.2) is 51.4 Å². The van der Waals surface area contributed by atoms with E-state index in [4.69, 9.17) is 9.47 Å². The molecule has 342 valence electrons. The molecule has 4 heterocycles. The number of anilines is 5. The van der Waals surface area contributed by atoms with Crippen LogP contribution >= 0.6 is 0 Å². The van der Waals surface area contributed by atoms with Gasteiger partial charge in [0.2, 0.25) is 5.91 Å². The van der Waals surface area contributed by atoms with Crippen molar-refractivity contribution in [2.75, 3.05) is 21.3 Å². The third-order valence-corrected chi connectivity index (χ3v) is 13.6. The van der Waals surface area contributed by atoms with Gasteiger partial charge in [-0.2, -0.15) is 0 Å². The Labute approximate surface area is 398 Å². The maximum absolute atomic E-state index is 15.2. The third-order valence-electron chi connectivity index (χ3n) is 13.6. The van der Waals surface area contributed by atoms with Gasteiger partial charge in [0.25, 0.3) is 17.7 Å². The standard InChI is InChI=1S/C57H46N4O8/c1-36(14-12-27-53(63)58-34-39-17-3-2-16-38(39)31-42(58)35-62)57(67)45-32-41(61-48-22-7-11-26-52(48)69-50-24-9-5-20-44(50)55(61)65)28-29-46(45)59(56(57)66)33-37-15-13-18-40(30-37)60-47-21-6-10-25-51(47)68-49-23-8-4-19-43(49)54(60)64/h2-26,28-30,32,36,42,62,67H,27,31,33-35H2,1H3/b14-12+/t36-,42-,57+/m0/s1. The topological polar surface area (TPSA) is 140 Å². The van der Waals surface area contributed by atoms with E-state index in [-0.39, 0.29) is 48.9 Å². The number of benzene rings is 7. The van der Waals surface area contributed by atoms with Gasteiger partial charge in [-0.1, -0.05) is 104 Å². The third kappa shape index (κ3) is 7.41. The van der Waals surface area contributed by atoms with Crippen LogP contribution in [0.5, 0.6) is 23.0 Å². The number of hydrogen-bond acceptors (Lipinski definition) is 8. The number of rotatable bonds is 9. The SMILES string of the molecule is C[C@@H](/C=C/CC(=O)N1Cc2ccccc2C[C@H]1CO)[C@]1(O)C(=O)N(Cc2cccc(N3C(=O)c4ccccc4Oc4ccccc43)c2)c2ccc(N3C(=O)c4ccccc4Oc4ccccc43)cc21. The number of carbonyl (C=O) groups is 4. The molecule has 69 heavy (non-hydrogen) atoms.